The second-order valence-corrected chi connectivity index (χ2v) is 7.84. The van der Waals surface area contributed by atoms with Crippen LogP contribution < -0.4 is 10.1 Å². The van der Waals surface area contributed by atoms with Gasteiger partial charge < -0.3 is 15.0 Å². The molecular formula is C26H28N4O. The normalized spacial score (nSPS) is 11.6. The van der Waals surface area contributed by atoms with Crippen LogP contribution in [0, 0.1) is 0 Å². The number of anilines is 1. The maximum Gasteiger partial charge on any atom is 0.154 e. The highest BCUT2D eigenvalue weighted by molar-refractivity contribution is 6.01. The molecule has 1 N–H and O–H groups in total. The smallest absolute Gasteiger partial charge is 0.154 e. The quantitative estimate of drug-likeness (QED) is 0.313. The summed E-state index contributed by atoms with van der Waals surface area (Å²) in [5.41, 5.74) is 2.02. The zero-order valence-corrected chi connectivity index (χ0v) is 18.3. The number of aromatic nitrogens is 2. The van der Waals surface area contributed by atoms with Gasteiger partial charge in [-0.3, -0.25) is 0 Å². The summed E-state index contributed by atoms with van der Waals surface area (Å²) in [5, 5.41) is 6.95. The second kappa shape index (κ2) is 9.58. The molecule has 1 heterocycles. The van der Waals surface area contributed by atoms with E-state index in [1.165, 1.54) is 10.8 Å². The van der Waals surface area contributed by atoms with Crippen LogP contribution in [0.15, 0.2) is 60.7 Å². The monoisotopic (exact) mass is 412 g/mol. The Morgan fingerprint density at radius 3 is 2.39 bits per heavy atom. The van der Waals surface area contributed by atoms with Gasteiger partial charge in [-0.1, -0.05) is 42.5 Å². The van der Waals surface area contributed by atoms with Crippen molar-refractivity contribution in [3.05, 3.63) is 72.1 Å². The van der Waals surface area contributed by atoms with E-state index in [0.29, 0.717) is 5.82 Å². The minimum absolute atomic E-state index is 0.689. The van der Waals surface area contributed by atoms with Gasteiger partial charge in [-0.05, 0) is 73.7 Å². The van der Waals surface area contributed by atoms with Gasteiger partial charge >= 0.3 is 0 Å². The van der Waals surface area contributed by atoms with Gasteiger partial charge in [-0.2, -0.15) is 0 Å². The van der Waals surface area contributed by atoms with Gasteiger partial charge in [0.2, 0.25) is 0 Å². The number of benzene rings is 3. The molecule has 4 rings (SSSR count). The first-order valence-electron chi connectivity index (χ1n) is 10.5. The largest absolute Gasteiger partial charge is 0.497 e. The molecule has 5 heteroatoms. The molecule has 0 amide bonds. The molecular weight excluding hydrogens is 384 g/mol. The third kappa shape index (κ3) is 5.19. The van der Waals surface area contributed by atoms with Gasteiger partial charge in [-0.15, -0.1) is 0 Å². The molecule has 0 fully saturated rings. The van der Waals surface area contributed by atoms with E-state index in [4.69, 9.17) is 14.7 Å². The zero-order chi connectivity index (χ0) is 21.6. The Bertz CT molecular complexity index is 1200. The van der Waals surface area contributed by atoms with Gasteiger partial charge in [0, 0.05) is 11.9 Å². The Balaban J connectivity index is 1.68. The average molecular weight is 413 g/mol. The molecule has 31 heavy (non-hydrogen) atoms. The Morgan fingerprint density at radius 2 is 1.68 bits per heavy atom. The van der Waals surface area contributed by atoms with Crippen LogP contribution in [0.5, 0.6) is 5.75 Å². The molecule has 4 aromatic rings. The summed E-state index contributed by atoms with van der Waals surface area (Å²) < 4.78 is 5.23. The number of nitrogens with one attached hydrogen (secondary N) is 1. The van der Waals surface area contributed by atoms with Crippen molar-refractivity contribution in [2.45, 2.75) is 6.42 Å². The summed E-state index contributed by atoms with van der Waals surface area (Å²) in [6.07, 6.45) is 5.03. The van der Waals surface area contributed by atoms with E-state index in [1.54, 1.807) is 7.11 Å². The summed E-state index contributed by atoms with van der Waals surface area (Å²) in [7, 11) is 5.85. The lowest BCUT2D eigenvalue weighted by Gasteiger charge is -2.13. The molecule has 0 saturated carbocycles. The highest BCUT2D eigenvalue weighted by Gasteiger charge is 2.08. The van der Waals surface area contributed by atoms with E-state index in [2.05, 4.69) is 60.7 Å². The summed E-state index contributed by atoms with van der Waals surface area (Å²) in [6.45, 7) is 1.89. The number of fused-ring (bicyclic) bond motifs is 2. The molecule has 158 valence electrons. The molecule has 0 aliphatic rings. The summed E-state index contributed by atoms with van der Waals surface area (Å²) >= 11 is 0. The van der Waals surface area contributed by atoms with Gasteiger partial charge in [0.1, 0.15) is 11.6 Å². The van der Waals surface area contributed by atoms with E-state index < -0.39 is 0 Å². The van der Waals surface area contributed by atoms with Crippen molar-refractivity contribution in [1.29, 1.82) is 0 Å². The number of ether oxygens (including phenoxy) is 1. The van der Waals surface area contributed by atoms with Gasteiger partial charge in [0.25, 0.3) is 0 Å². The topological polar surface area (TPSA) is 50.3 Å². The lowest BCUT2D eigenvalue weighted by atomic mass is 10.1. The zero-order valence-electron chi connectivity index (χ0n) is 18.3. The SMILES string of the molecule is COc1ccc(C=Cc2nc(NCCCN(C)C)c3cc4ccccc4cc3n2)cc1. The van der Waals surface area contributed by atoms with Crippen LogP contribution in [0.3, 0.4) is 0 Å². The molecule has 0 saturated heterocycles. The van der Waals surface area contributed by atoms with Gasteiger partial charge in [0.15, 0.2) is 5.82 Å². The Kier molecular flexibility index (Phi) is 6.43. The van der Waals surface area contributed by atoms with Crippen LogP contribution in [-0.2, 0) is 0 Å². The Morgan fingerprint density at radius 1 is 0.935 bits per heavy atom. The second-order valence-electron chi connectivity index (χ2n) is 7.84. The third-order valence-electron chi connectivity index (χ3n) is 5.20. The fourth-order valence-electron chi connectivity index (χ4n) is 3.53. The number of nitrogens with zero attached hydrogens (tertiary/aromatic N) is 3. The lowest BCUT2D eigenvalue weighted by Crippen LogP contribution is -2.17. The van der Waals surface area contributed by atoms with Gasteiger partial charge in [-0.25, -0.2) is 9.97 Å². The van der Waals surface area contributed by atoms with E-state index in [1.807, 2.05) is 36.4 Å². The minimum atomic E-state index is 0.689. The number of hydrogen-bond acceptors (Lipinski definition) is 5. The minimum Gasteiger partial charge on any atom is -0.497 e. The van der Waals surface area contributed by atoms with Crippen LogP contribution in [0.4, 0.5) is 5.82 Å². The van der Waals surface area contributed by atoms with Crippen molar-refractivity contribution in [3.8, 4) is 5.75 Å². The molecule has 0 atom stereocenters. The van der Waals surface area contributed by atoms with Crippen molar-refractivity contribution < 1.29 is 4.74 Å². The summed E-state index contributed by atoms with van der Waals surface area (Å²) in [5.74, 6) is 2.41. The van der Waals surface area contributed by atoms with Crippen LogP contribution in [0.25, 0.3) is 33.8 Å². The van der Waals surface area contributed by atoms with E-state index in [0.717, 1.165) is 47.5 Å². The maximum absolute atomic E-state index is 5.23. The average Bonchev–Trinajstić information content (AvgIpc) is 2.79. The molecule has 0 radical (unpaired) electrons. The van der Waals surface area contributed by atoms with Crippen LogP contribution in [-0.4, -0.2) is 49.2 Å². The standard InChI is InChI=1S/C26H28N4O/c1-30(2)16-6-15-27-26-23-17-20-7-4-5-8-21(20)18-24(23)28-25(29-26)14-11-19-9-12-22(31-3)13-10-19/h4-5,7-14,17-18H,6,15-16H2,1-3H3,(H,27,28,29). The molecule has 5 nitrogen and oxygen atoms in total. The molecule has 3 aromatic carbocycles. The van der Waals surface area contributed by atoms with E-state index in [9.17, 15) is 0 Å². The Hall–Kier alpha value is -3.44. The molecule has 0 unspecified atom stereocenters. The fraction of sp³-hybridized carbons (Fsp3) is 0.231. The van der Waals surface area contributed by atoms with Crippen LogP contribution in [0.1, 0.15) is 17.8 Å². The first-order valence-corrected chi connectivity index (χ1v) is 10.5. The number of rotatable bonds is 8. The third-order valence-corrected chi connectivity index (χ3v) is 5.20. The number of hydrogen-bond donors (Lipinski definition) is 1. The van der Waals surface area contributed by atoms with Gasteiger partial charge in [0.05, 0.1) is 12.6 Å². The lowest BCUT2D eigenvalue weighted by molar-refractivity contribution is 0.405. The van der Waals surface area contributed by atoms with Crippen molar-refractivity contribution in [3.63, 3.8) is 0 Å². The highest BCUT2D eigenvalue weighted by Crippen LogP contribution is 2.27. The molecule has 0 aliphatic heterocycles. The molecule has 1 aromatic heterocycles. The maximum atomic E-state index is 5.23. The molecule has 0 aliphatic carbocycles. The highest BCUT2D eigenvalue weighted by atomic mass is 16.5. The first kappa shape index (κ1) is 20.8. The van der Waals surface area contributed by atoms with Crippen molar-refractivity contribution in [2.75, 3.05) is 39.6 Å². The van der Waals surface area contributed by atoms with Crippen molar-refractivity contribution in [2.24, 2.45) is 0 Å². The first-order chi connectivity index (χ1) is 15.1. The van der Waals surface area contributed by atoms with E-state index >= 15 is 0 Å². The van der Waals surface area contributed by atoms with Crippen LogP contribution in [0.2, 0.25) is 0 Å². The molecule has 0 spiro atoms. The van der Waals surface area contributed by atoms with Crippen molar-refractivity contribution >= 4 is 39.6 Å². The predicted octanol–water partition coefficient (Wildman–Crippen LogP) is 5.33. The predicted molar refractivity (Wildman–Crippen MR) is 131 cm³/mol. The summed E-state index contributed by atoms with van der Waals surface area (Å²) in [4.78, 5) is 11.8. The molecule has 0 bridgehead atoms. The van der Waals surface area contributed by atoms with E-state index in [-0.39, 0.29) is 0 Å². The summed E-state index contributed by atoms with van der Waals surface area (Å²) in [6, 6.07) is 20.6. The number of methoxy groups -OCH3 is 1. The van der Waals surface area contributed by atoms with Crippen molar-refractivity contribution in [1.82, 2.24) is 14.9 Å². The van der Waals surface area contributed by atoms with Crippen LogP contribution >= 0.6 is 0 Å². The fourth-order valence-corrected chi connectivity index (χ4v) is 3.53. The Labute approximate surface area is 183 Å².